The highest BCUT2D eigenvalue weighted by atomic mass is 32.2. The summed E-state index contributed by atoms with van der Waals surface area (Å²) >= 11 is 0. The Kier molecular flexibility index (Phi) is 22.4. The third-order valence-electron chi connectivity index (χ3n) is 8.81. The van der Waals surface area contributed by atoms with E-state index in [0.717, 1.165) is 40.8 Å². The van der Waals surface area contributed by atoms with Gasteiger partial charge < -0.3 is 14.7 Å². The summed E-state index contributed by atoms with van der Waals surface area (Å²) in [7, 11) is 4.65. The molecule has 0 saturated heterocycles. The molecular formula is C39H68N3O4S+. The minimum Gasteiger partial charge on any atom is -0.378 e. The van der Waals surface area contributed by atoms with Crippen LogP contribution in [-0.2, 0) is 10.1 Å². The summed E-state index contributed by atoms with van der Waals surface area (Å²) in [4.78, 5) is 14.3. The van der Waals surface area contributed by atoms with Gasteiger partial charge in [0.05, 0.1) is 32.1 Å². The number of nitrogens with zero attached hydrogens (tertiary/aromatic N) is 2. The summed E-state index contributed by atoms with van der Waals surface area (Å²) in [6, 6.07) is 13.8. The number of quaternary nitrogens is 1. The van der Waals surface area contributed by atoms with E-state index >= 15 is 0 Å². The molecule has 0 unspecified atom stereocenters. The summed E-state index contributed by atoms with van der Waals surface area (Å²) in [5.74, 6) is 0.0309. The summed E-state index contributed by atoms with van der Waals surface area (Å²) in [6.07, 6.45) is 23.7. The summed E-state index contributed by atoms with van der Waals surface area (Å²) in [5, 5.41) is 3.08. The van der Waals surface area contributed by atoms with Crippen LogP contribution in [0.2, 0.25) is 0 Å². The molecule has 2 rings (SSSR count). The molecule has 268 valence electrons. The number of carbonyl (C=O) groups is 1. The van der Waals surface area contributed by atoms with Crippen LogP contribution in [0.4, 0.5) is 5.69 Å². The van der Waals surface area contributed by atoms with E-state index in [1.54, 1.807) is 12.1 Å². The number of aryl methyl sites for hydroxylation is 1. The Bertz CT molecular complexity index is 1180. The molecule has 7 nitrogen and oxygen atoms in total. The zero-order chi connectivity index (χ0) is 35.0. The van der Waals surface area contributed by atoms with Crippen LogP contribution in [0, 0.1) is 6.92 Å². The lowest BCUT2D eigenvalue weighted by Crippen LogP contribution is -2.42. The standard InChI is InChI=1S/C32H59N3O.C7H8O3S/c1-6-7-8-9-10-11-12-13-14-15-16-17-18-19-20-21-28-35(4,5)29-22-27-33-32(36)30-23-25-31(26-24-30)34(2)3;1-6-2-4-7(5-3-6)11(8,9)10/h23-26H,6-22,27-29H2,1-5H3;2-5H,1H3,(H,8,9,10)/p+1. The summed E-state index contributed by atoms with van der Waals surface area (Å²) in [6.45, 7) is 7.22. The fourth-order valence-corrected chi connectivity index (χ4v) is 6.11. The highest BCUT2D eigenvalue weighted by Gasteiger charge is 2.14. The predicted octanol–water partition coefficient (Wildman–Crippen LogP) is 9.45. The molecule has 8 heteroatoms. The molecular weight excluding hydrogens is 607 g/mol. The van der Waals surface area contributed by atoms with Gasteiger partial charge in [-0.15, -0.1) is 0 Å². The SMILES string of the molecule is CCCCCCCCCCCCCCCCCC[N+](C)(C)CCCNC(=O)c1ccc(N(C)C)cc1.Cc1ccc(S(=O)(=O)O)cc1. The quantitative estimate of drug-likeness (QED) is 0.0658. The highest BCUT2D eigenvalue weighted by molar-refractivity contribution is 7.85. The molecule has 2 aromatic carbocycles. The van der Waals surface area contributed by atoms with Gasteiger partial charge in [0.1, 0.15) is 0 Å². The van der Waals surface area contributed by atoms with Gasteiger partial charge in [-0.1, -0.05) is 115 Å². The van der Waals surface area contributed by atoms with E-state index in [2.05, 4.69) is 26.3 Å². The van der Waals surface area contributed by atoms with Crippen LogP contribution < -0.4 is 10.2 Å². The first-order valence-electron chi connectivity index (χ1n) is 18.3. The van der Waals surface area contributed by atoms with Crippen molar-refractivity contribution in [1.29, 1.82) is 0 Å². The van der Waals surface area contributed by atoms with E-state index in [-0.39, 0.29) is 10.8 Å². The van der Waals surface area contributed by atoms with Gasteiger partial charge >= 0.3 is 0 Å². The summed E-state index contributed by atoms with van der Waals surface area (Å²) in [5.41, 5.74) is 2.81. The lowest BCUT2D eigenvalue weighted by molar-refractivity contribution is -0.890. The predicted molar refractivity (Wildman–Crippen MR) is 200 cm³/mol. The average molecular weight is 675 g/mol. The zero-order valence-electron chi connectivity index (χ0n) is 30.7. The highest BCUT2D eigenvalue weighted by Crippen LogP contribution is 2.15. The second-order valence-electron chi connectivity index (χ2n) is 14.0. The smallest absolute Gasteiger partial charge is 0.294 e. The van der Waals surface area contributed by atoms with Gasteiger partial charge in [-0.3, -0.25) is 9.35 Å². The monoisotopic (exact) mass is 674 g/mol. The van der Waals surface area contributed by atoms with Crippen molar-refractivity contribution in [3.05, 3.63) is 59.7 Å². The molecule has 47 heavy (non-hydrogen) atoms. The largest absolute Gasteiger partial charge is 0.378 e. The van der Waals surface area contributed by atoms with Gasteiger partial charge in [0.25, 0.3) is 16.0 Å². The number of hydrogen-bond acceptors (Lipinski definition) is 4. The first-order valence-corrected chi connectivity index (χ1v) is 19.7. The molecule has 0 bridgehead atoms. The number of nitrogens with one attached hydrogen (secondary N) is 1. The number of unbranched alkanes of at least 4 members (excludes halogenated alkanes) is 15. The van der Waals surface area contributed by atoms with Crippen molar-refractivity contribution >= 4 is 21.7 Å². The van der Waals surface area contributed by atoms with E-state index in [1.165, 1.54) is 121 Å². The van der Waals surface area contributed by atoms with Crippen LogP contribution in [0.1, 0.15) is 132 Å². The number of carbonyl (C=O) groups excluding carboxylic acids is 1. The maximum absolute atomic E-state index is 12.4. The third-order valence-corrected chi connectivity index (χ3v) is 9.68. The Labute approximate surface area is 288 Å². The van der Waals surface area contributed by atoms with Crippen molar-refractivity contribution in [3.8, 4) is 0 Å². The number of hydrogen-bond donors (Lipinski definition) is 2. The first kappa shape index (κ1) is 42.6. The number of benzene rings is 2. The maximum atomic E-state index is 12.4. The normalized spacial score (nSPS) is 11.6. The van der Waals surface area contributed by atoms with Gasteiger partial charge in [-0.05, 0) is 56.2 Å². The second-order valence-corrected chi connectivity index (χ2v) is 15.4. The Morgan fingerprint density at radius 2 is 1.11 bits per heavy atom. The molecule has 2 aromatic rings. The zero-order valence-corrected chi connectivity index (χ0v) is 31.6. The van der Waals surface area contributed by atoms with Gasteiger partial charge in [-0.25, -0.2) is 0 Å². The molecule has 2 N–H and O–H groups in total. The molecule has 0 saturated carbocycles. The molecule has 0 aromatic heterocycles. The fraction of sp³-hybridized carbons (Fsp3) is 0.667. The molecule has 0 fully saturated rings. The molecule has 0 aliphatic carbocycles. The van der Waals surface area contributed by atoms with Crippen molar-refractivity contribution in [2.45, 2.75) is 128 Å². The van der Waals surface area contributed by atoms with Crippen molar-refractivity contribution in [1.82, 2.24) is 5.32 Å². The van der Waals surface area contributed by atoms with Gasteiger partial charge in [0, 0.05) is 38.3 Å². The molecule has 1 amide bonds. The van der Waals surface area contributed by atoms with Gasteiger partial charge in [0.15, 0.2) is 0 Å². The molecule has 0 atom stereocenters. The third kappa shape index (κ3) is 22.0. The van der Waals surface area contributed by atoms with Crippen LogP contribution in [0.15, 0.2) is 53.4 Å². The Morgan fingerprint density at radius 1 is 0.681 bits per heavy atom. The summed E-state index contributed by atoms with van der Waals surface area (Å²) < 4.78 is 30.6. The molecule has 0 aliphatic rings. The van der Waals surface area contributed by atoms with Crippen molar-refractivity contribution in [3.63, 3.8) is 0 Å². The molecule has 0 spiro atoms. The van der Waals surface area contributed by atoms with E-state index in [1.807, 2.05) is 50.2 Å². The van der Waals surface area contributed by atoms with E-state index < -0.39 is 10.1 Å². The fourth-order valence-electron chi connectivity index (χ4n) is 5.63. The van der Waals surface area contributed by atoms with Gasteiger partial charge in [0.2, 0.25) is 0 Å². The topological polar surface area (TPSA) is 86.7 Å². The van der Waals surface area contributed by atoms with Crippen molar-refractivity contribution in [2.24, 2.45) is 0 Å². The lowest BCUT2D eigenvalue weighted by Gasteiger charge is -2.30. The minimum absolute atomic E-state index is 0.0309. The molecule has 0 aliphatic heterocycles. The Hall–Kier alpha value is -2.42. The maximum Gasteiger partial charge on any atom is 0.294 e. The van der Waals surface area contributed by atoms with Crippen LogP contribution in [-0.4, -0.2) is 71.2 Å². The van der Waals surface area contributed by atoms with Gasteiger partial charge in [-0.2, -0.15) is 8.42 Å². The number of amides is 1. The second kappa shape index (κ2) is 24.7. The van der Waals surface area contributed by atoms with Crippen LogP contribution in [0.3, 0.4) is 0 Å². The molecule has 0 heterocycles. The van der Waals surface area contributed by atoms with E-state index in [4.69, 9.17) is 4.55 Å². The van der Waals surface area contributed by atoms with E-state index in [0.29, 0.717) is 0 Å². The van der Waals surface area contributed by atoms with Crippen molar-refractivity contribution in [2.75, 3.05) is 52.7 Å². The number of rotatable bonds is 24. The van der Waals surface area contributed by atoms with E-state index in [9.17, 15) is 13.2 Å². The average Bonchev–Trinajstić information content (AvgIpc) is 3.03. The Morgan fingerprint density at radius 3 is 1.53 bits per heavy atom. The van der Waals surface area contributed by atoms with Crippen molar-refractivity contribution < 1.29 is 22.2 Å². The Balaban J connectivity index is 0.000000841. The minimum atomic E-state index is -4.02. The van der Waals surface area contributed by atoms with Crippen LogP contribution in [0.5, 0.6) is 0 Å². The first-order chi connectivity index (χ1) is 22.4. The van der Waals surface area contributed by atoms with Crippen LogP contribution >= 0.6 is 0 Å². The molecule has 0 radical (unpaired) electrons. The van der Waals surface area contributed by atoms with Crippen LogP contribution in [0.25, 0.3) is 0 Å². The lowest BCUT2D eigenvalue weighted by atomic mass is 10.0. The number of anilines is 1.